The van der Waals surface area contributed by atoms with E-state index in [1.165, 1.54) is 11.8 Å². The Morgan fingerprint density at radius 3 is 2.79 bits per heavy atom. The summed E-state index contributed by atoms with van der Waals surface area (Å²) in [6.07, 6.45) is 0.215. The molecule has 19 heavy (non-hydrogen) atoms. The number of ether oxygens (including phenoxy) is 1. The SMILES string of the molecule is COc1cc(C(=O)Cc2ccc(Br)cc2Cl)nn1C. The fourth-order valence-corrected chi connectivity index (χ4v) is 2.45. The molecule has 2 rings (SSSR count). The molecule has 0 aliphatic carbocycles. The number of aromatic nitrogens is 2. The zero-order valence-corrected chi connectivity index (χ0v) is 12.8. The van der Waals surface area contributed by atoms with E-state index in [9.17, 15) is 4.79 Å². The number of halogens is 2. The molecular weight excluding hydrogens is 332 g/mol. The van der Waals surface area contributed by atoms with E-state index < -0.39 is 0 Å². The minimum atomic E-state index is -0.0943. The molecule has 1 heterocycles. The van der Waals surface area contributed by atoms with E-state index in [1.54, 1.807) is 19.2 Å². The summed E-state index contributed by atoms with van der Waals surface area (Å²) < 4.78 is 7.49. The van der Waals surface area contributed by atoms with Crippen LogP contribution < -0.4 is 4.74 Å². The van der Waals surface area contributed by atoms with Crippen LogP contribution in [0.15, 0.2) is 28.7 Å². The smallest absolute Gasteiger partial charge is 0.211 e. The van der Waals surface area contributed by atoms with Gasteiger partial charge < -0.3 is 4.74 Å². The molecule has 0 atom stereocenters. The molecule has 100 valence electrons. The highest BCUT2D eigenvalue weighted by atomic mass is 79.9. The maximum absolute atomic E-state index is 12.1. The van der Waals surface area contributed by atoms with E-state index in [4.69, 9.17) is 16.3 Å². The van der Waals surface area contributed by atoms with E-state index >= 15 is 0 Å². The topological polar surface area (TPSA) is 44.1 Å². The summed E-state index contributed by atoms with van der Waals surface area (Å²) in [6, 6.07) is 7.07. The Morgan fingerprint density at radius 2 is 2.21 bits per heavy atom. The van der Waals surface area contributed by atoms with Crippen LogP contribution in [0, 0.1) is 0 Å². The van der Waals surface area contributed by atoms with Crippen molar-refractivity contribution in [2.24, 2.45) is 7.05 Å². The number of hydrogen-bond donors (Lipinski definition) is 0. The molecule has 0 radical (unpaired) electrons. The van der Waals surface area contributed by atoms with Crippen LogP contribution in [-0.4, -0.2) is 22.7 Å². The molecule has 4 nitrogen and oxygen atoms in total. The van der Waals surface area contributed by atoms with Gasteiger partial charge in [0.05, 0.1) is 7.11 Å². The second-order valence-electron chi connectivity index (χ2n) is 4.03. The van der Waals surface area contributed by atoms with Crippen LogP contribution in [0.1, 0.15) is 16.1 Å². The summed E-state index contributed by atoms with van der Waals surface area (Å²) in [5, 5.41) is 4.68. The summed E-state index contributed by atoms with van der Waals surface area (Å²) in [5.41, 5.74) is 1.15. The molecule has 1 aromatic carbocycles. The average Bonchev–Trinajstić information content (AvgIpc) is 2.74. The quantitative estimate of drug-likeness (QED) is 0.800. The number of nitrogens with zero attached hydrogens (tertiary/aromatic N) is 2. The third kappa shape index (κ3) is 3.16. The van der Waals surface area contributed by atoms with Gasteiger partial charge in [0.15, 0.2) is 5.78 Å². The summed E-state index contributed by atoms with van der Waals surface area (Å²) in [7, 11) is 3.26. The number of methoxy groups -OCH3 is 1. The standard InChI is InChI=1S/C13H12BrClN2O2/c1-17-13(19-2)7-11(16-17)12(18)5-8-3-4-9(14)6-10(8)15/h3-4,6-7H,5H2,1-2H3. The number of aryl methyl sites for hydroxylation is 1. The number of hydrogen-bond acceptors (Lipinski definition) is 3. The van der Waals surface area contributed by atoms with E-state index in [0.29, 0.717) is 16.6 Å². The molecule has 0 saturated heterocycles. The van der Waals surface area contributed by atoms with Crippen LogP contribution in [0.5, 0.6) is 5.88 Å². The van der Waals surface area contributed by atoms with E-state index in [2.05, 4.69) is 21.0 Å². The van der Waals surface area contributed by atoms with Crippen LogP contribution in [0.4, 0.5) is 0 Å². The number of Topliss-reactive ketones (excluding diaryl/α,β-unsaturated/α-hetero) is 1. The van der Waals surface area contributed by atoms with Gasteiger partial charge in [-0.1, -0.05) is 33.6 Å². The highest BCUT2D eigenvalue weighted by molar-refractivity contribution is 9.10. The van der Waals surface area contributed by atoms with Crippen LogP contribution in [0.3, 0.4) is 0 Å². The first-order chi connectivity index (χ1) is 9.01. The van der Waals surface area contributed by atoms with Gasteiger partial charge in [0.25, 0.3) is 0 Å². The van der Waals surface area contributed by atoms with Crippen LogP contribution in [-0.2, 0) is 13.5 Å². The first-order valence-electron chi connectivity index (χ1n) is 5.56. The Labute approximate surface area is 124 Å². The lowest BCUT2D eigenvalue weighted by atomic mass is 10.1. The first-order valence-corrected chi connectivity index (χ1v) is 6.73. The zero-order chi connectivity index (χ0) is 14.0. The van der Waals surface area contributed by atoms with Gasteiger partial charge in [-0.25, -0.2) is 4.68 Å². The normalized spacial score (nSPS) is 10.5. The molecule has 0 N–H and O–H groups in total. The molecule has 0 aliphatic rings. The van der Waals surface area contributed by atoms with Crippen molar-refractivity contribution < 1.29 is 9.53 Å². The Kier molecular flexibility index (Phi) is 4.27. The summed E-state index contributed by atoms with van der Waals surface area (Å²) in [5.74, 6) is 0.452. The van der Waals surface area contributed by atoms with Crippen LogP contribution in [0.2, 0.25) is 5.02 Å². The summed E-state index contributed by atoms with van der Waals surface area (Å²) in [6.45, 7) is 0. The Hall–Kier alpha value is -1.33. The zero-order valence-electron chi connectivity index (χ0n) is 10.5. The van der Waals surface area contributed by atoms with Gasteiger partial charge in [-0.15, -0.1) is 0 Å². The predicted molar refractivity (Wildman–Crippen MR) is 76.9 cm³/mol. The lowest BCUT2D eigenvalue weighted by molar-refractivity contribution is 0.0987. The van der Waals surface area contributed by atoms with Gasteiger partial charge in [0.1, 0.15) is 5.69 Å². The fraction of sp³-hybridized carbons (Fsp3) is 0.231. The molecule has 6 heteroatoms. The first kappa shape index (κ1) is 14.1. The number of carbonyl (C=O) groups excluding carboxylic acids is 1. The third-order valence-electron chi connectivity index (χ3n) is 2.70. The van der Waals surface area contributed by atoms with E-state index in [1.807, 2.05) is 12.1 Å². The number of benzene rings is 1. The highest BCUT2D eigenvalue weighted by Crippen LogP contribution is 2.23. The largest absolute Gasteiger partial charge is 0.481 e. The molecule has 0 spiro atoms. The maximum atomic E-state index is 12.1. The van der Waals surface area contributed by atoms with Crippen molar-refractivity contribution in [3.05, 3.63) is 45.0 Å². The third-order valence-corrected chi connectivity index (χ3v) is 3.54. The molecule has 0 fully saturated rings. The van der Waals surface area contributed by atoms with Crippen molar-refractivity contribution in [1.82, 2.24) is 9.78 Å². The second kappa shape index (κ2) is 5.75. The molecule has 0 saturated carbocycles. The van der Waals surface area contributed by atoms with Gasteiger partial charge in [-0.05, 0) is 17.7 Å². The lowest BCUT2D eigenvalue weighted by Gasteiger charge is -2.02. The van der Waals surface area contributed by atoms with Crippen molar-refractivity contribution in [2.75, 3.05) is 7.11 Å². The molecule has 2 aromatic rings. The number of rotatable bonds is 4. The highest BCUT2D eigenvalue weighted by Gasteiger charge is 2.15. The van der Waals surface area contributed by atoms with E-state index in [0.717, 1.165) is 10.0 Å². The van der Waals surface area contributed by atoms with Crippen molar-refractivity contribution in [2.45, 2.75) is 6.42 Å². The number of ketones is 1. The lowest BCUT2D eigenvalue weighted by Crippen LogP contribution is -2.05. The molecule has 0 bridgehead atoms. The van der Waals surface area contributed by atoms with Crippen molar-refractivity contribution >= 4 is 33.3 Å². The second-order valence-corrected chi connectivity index (χ2v) is 5.35. The predicted octanol–water partition coefficient (Wildman–Crippen LogP) is 3.27. The summed E-state index contributed by atoms with van der Waals surface area (Å²) in [4.78, 5) is 12.1. The Morgan fingerprint density at radius 1 is 1.47 bits per heavy atom. The Bertz CT molecular complexity index is 625. The van der Waals surface area contributed by atoms with Crippen molar-refractivity contribution in [1.29, 1.82) is 0 Å². The van der Waals surface area contributed by atoms with Gasteiger partial charge in [0, 0.05) is 29.0 Å². The molecule has 0 unspecified atom stereocenters. The molecule has 0 amide bonds. The summed E-state index contributed by atoms with van der Waals surface area (Å²) >= 11 is 9.42. The Balaban J connectivity index is 2.20. The monoisotopic (exact) mass is 342 g/mol. The number of carbonyl (C=O) groups is 1. The van der Waals surface area contributed by atoms with E-state index in [-0.39, 0.29) is 12.2 Å². The van der Waals surface area contributed by atoms with Crippen molar-refractivity contribution in [3.8, 4) is 5.88 Å². The van der Waals surface area contributed by atoms with Gasteiger partial charge in [-0.2, -0.15) is 5.10 Å². The average molecular weight is 344 g/mol. The van der Waals surface area contributed by atoms with Crippen molar-refractivity contribution in [3.63, 3.8) is 0 Å². The molecule has 1 aromatic heterocycles. The maximum Gasteiger partial charge on any atom is 0.211 e. The molecular formula is C13H12BrClN2O2. The van der Waals surface area contributed by atoms with Crippen LogP contribution in [0.25, 0.3) is 0 Å². The minimum Gasteiger partial charge on any atom is -0.481 e. The fourth-order valence-electron chi connectivity index (χ4n) is 1.71. The van der Waals surface area contributed by atoms with Gasteiger partial charge >= 0.3 is 0 Å². The minimum absolute atomic E-state index is 0.0943. The van der Waals surface area contributed by atoms with Gasteiger partial charge in [0.2, 0.25) is 5.88 Å². The molecule has 0 aliphatic heterocycles. The van der Waals surface area contributed by atoms with Crippen LogP contribution >= 0.6 is 27.5 Å². The van der Waals surface area contributed by atoms with Gasteiger partial charge in [-0.3, -0.25) is 4.79 Å².